The summed E-state index contributed by atoms with van der Waals surface area (Å²) in [7, 11) is 0. The highest BCUT2D eigenvalue weighted by molar-refractivity contribution is 6.42. The number of hydrogen-bond acceptors (Lipinski definition) is 2. The van der Waals surface area contributed by atoms with Crippen LogP contribution in [0, 0.1) is 0 Å². The Morgan fingerprint density at radius 1 is 0.941 bits per heavy atom. The molecule has 0 spiro atoms. The van der Waals surface area contributed by atoms with Gasteiger partial charge >= 0.3 is 0 Å². The maximum atomic E-state index is 6.19. The quantitative estimate of drug-likeness (QED) is 0.659. The van der Waals surface area contributed by atoms with Crippen LogP contribution in [0.2, 0.25) is 10.0 Å². The lowest BCUT2D eigenvalue weighted by atomic mass is 9.99. The Labute approximate surface area is 110 Å². The lowest BCUT2D eigenvalue weighted by Gasteiger charge is -2.18. The van der Waals surface area contributed by atoms with E-state index in [0.717, 1.165) is 11.1 Å². The molecular weight excluding hydrogens is 255 g/mol. The SMILES string of the molecule is NNC(c1ccccc1)c1cccc(Cl)c1Cl. The van der Waals surface area contributed by atoms with Crippen LogP contribution in [-0.2, 0) is 0 Å². The molecule has 0 saturated heterocycles. The van der Waals surface area contributed by atoms with Crippen LogP contribution in [0.5, 0.6) is 0 Å². The molecule has 4 heteroatoms. The minimum Gasteiger partial charge on any atom is -0.271 e. The van der Waals surface area contributed by atoms with E-state index in [1.165, 1.54) is 0 Å². The molecule has 0 aliphatic heterocycles. The summed E-state index contributed by atoms with van der Waals surface area (Å²) in [4.78, 5) is 0. The van der Waals surface area contributed by atoms with E-state index < -0.39 is 0 Å². The molecule has 0 heterocycles. The summed E-state index contributed by atoms with van der Waals surface area (Å²) in [5.41, 5.74) is 4.67. The second-order valence-corrected chi connectivity index (χ2v) is 4.44. The van der Waals surface area contributed by atoms with Crippen molar-refractivity contribution < 1.29 is 0 Å². The smallest absolute Gasteiger partial charge is 0.0725 e. The number of nitrogens with two attached hydrogens (primary N) is 1. The van der Waals surface area contributed by atoms with Crippen LogP contribution in [0.1, 0.15) is 17.2 Å². The van der Waals surface area contributed by atoms with Crippen LogP contribution in [0.25, 0.3) is 0 Å². The van der Waals surface area contributed by atoms with Gasteiger partial charge in [0.25, 0.3) is 0 Å². The maximum absolute atomic E-state index is 6.19. The molecule has 0 amide bonds. The van der Waals surface area contributed by atoms with Crippen LogP contribution in [-0.4, -0.2) is 0 Å². The molecule has 2 aromatic rings. The van der Waals surface area contributed by atoms with Crippen molar-refractivity contribution >= 4 is 23.2 Å². The van der Waals surface area contributed by atoms with Gasteiger partial charge in [0, 0.05) is 0 Å². The highest BCUT2D eigenvalue weighted by Gasteiger charge is 2.16. The van der Waals surface area contributed by atoms with Gasteiger partial charge in [0.1, 0.15) is 0 Å². The minimum atomic E-state index is -0.164. The molecule has 1 atom stereocenters. The van der Waals surface area contributed by atoms with E-state index in [2.05, 4.69) is 5.43 Å². The van der Waals surface area contributed by atoms with Crippen molar-refractivity contribution in [3.8, 4) is 0 Å². The van der Waals surface area contributed by atoms with Gasteiger partial charge < -0.3 is 0 Å². The molecule has 3 N–H and O–H groups in total. The first-order valence-corrected chi connectivity index (χ1v) is 5.94. The van der Waals surface area contributed by atoms with Crippen molar-refractivity contribution in [2.75, 3.05) is 0 Å². The predicted molar refractivity (Wildman–Crippen MR) is 72.1 cm³/mol. The van der Waals surface area contributed by atoms with Gasteiger partial charge in [0.05, 0.1) is 16.1 Å². The Bertz CT molecular complexity index is 500. The predicted octanol–water partition coefficient (Wildman–Crippen LogP) is 3.55. The number of benzene rings is 2. The third-order valence-electron chi connectivity index (χ3n) is 2.59. The van der Waals surface area contributed by atoms with Crippen molar-refractivity contribution in [2.24, 2.45) is 5.84 Å². The molecule has 0 saturated carbocycles. The van der Waals surface area contributed by atoms with Gasteiger partial charge in [-0.2, -0.15) is 0 Å². The average Bonchev–Trinajstić information content (AvgIpc) is 2.37. The zero-order valence-electron chi connectivity index (χ0n) is 9.03. The van der Waals surface area contributed by atoms with Crippen LogP contribution >= 0.6 is 23.2 Å². The monoisotopic (exact) mass is 266 g/mol. The Balaban J connectivity index is 2.46. The van der Waals surface area contributed by atoms with E-state index in [1.54, 1.807) is 6.07 Å². The van der Waals surface area contributed by atoms with E-state index >= 15 is 0 Å². The molecule has 0 aliphatic carbocycles. The summed E-state index contributed by atoms with van der Waals surface area (Å²) < 4.78 is 0. The summed E-state index contributed by atoms with van der Waals surface area (Å²) in [6, 6.07) is 15.2. The van der Waals surface area contributed by atoms with Crippen molar-refractivity contribution in [3.63, 3.8) is 0 Å². The minimum absolute atomic E-state index is 0.164. The summed E-state index contributed by atoms with van der Waals surface area (Å²) >= 11 is 12.2. The number of hydrazine groups is 1. The van der Waals surface area contributed by atoms with Crippen molar-refractivity contribution in [1.82, 2.24) is 5.43 Å². The summed E-state index contributed by atoms with van der Waals surface area (Å²) in [5.74, 6) is 5.60. The number of halogens is 2. The molecule has 0 aromatic heterocycles. The second kappa shape index (κ2) is 5.52. The fourth-order valence-corrected chi connectivity index (χ4v) is 2.17. The third kappa shape index (κ3) is 2.61. The summed E-state index contributed by atoms with van der Waals surface area (Å²) in [6.07, 6.45) is 0. The van der Waals surface area contributed by atoms with Gasteiger partial charge in [-0.05, 0) is 17.2 Å². The number of rotatable bonds is 3. The van der Waals surface area contributed by atoms with E-state index in [-0.39, 0.29) is 6.04 Å². The van der Waals surface area contributed by atoms with E-state index in [1.807, 2.05) is 42.5 Å². The Morgan fingerprint density at radius 2 is 1.65 bits per heavy atom. The first kappa shape index (κ1) is 12.4. The lowest BCUT2D eigenvalue weighted by Crippen LogP contribution is -2.29. The van der Waals surface area contributed by atoms with Gasteiger partial charge in [0.2, 0.25) is 0 Å². The first-order valence-electron chi connectivity index (χ1n) is 5.19. The molecule has 2 aromatic carbocycles. The molecule has 2 rings (SSSR count). The topological polar surface area (TPSA) is 38.0 Å². The van der Waals surface area contributed by atoms with Gasteiger partial charge in [-0.3, -0.25) is 5.84 Å². The Hall–Kier alpha value is -1.06. The number of nitrogens with one attached hydrogen (secondary N) is 1. The maximum Gasteiger partial charge on any atom is 0.0725 e. The summed E-state index contributed by atoms with van der Waals surface area (Å²) in [5, 5.41) is 1.06. The Morgan fingerprint density at radius 3 is 2.29 bits per heavy atom. The standard InChI is InChI=1S/C13H12Cl2N2/c14-11-8-4-7-10(12(11)15)13(17-16)9-5-2-1-3-6-9/h1-8,13,17H,16H2. The molecule has 0 fully saturated rings. The molecule has 0 bridgehead atoms. The van der Waals surface area contributed by atoms with Crippen LogP contribution in [0.3, 0.4) is 0 Å². The van der Waals surface area contributed by atoms with E-state index in [4.69, 9.17) is 29.0 Å². The second-order valence-electron chi connectivity index (χ2n) is 3.65. The van der Waals surface area contributed by atoms with Crippen molar-refractivity contribution in [1.29, 1.82) is 0 Å². The molecule has 0 radical (unpaired) electrons. The van der Waals surface area contributed by atoms with Gasteiger partial charge in [-0.1, -0.05) is 65.7 Å². The van der Waals surface area contributed by atoms with Gasteiger partial charge in [0.15, 0.2) is 0 Å². The van der Waals surface area contributed by atoms with E-state index in [9.17, 15) is 0 Å². The Kier molecular flexibility index (Phi) is 4.02. The first-order chi connectivity index (χ1) is 8.24. The van der Waals surface area contributed by atoms with Crippen LogP contribution in [0.4, 0.5) is 0 Å². The largest absolute Gasteiger partial charge is 0.271 e. The fraction of sp³-hybridized carbons (Fsp3) is 0.0769. The van der Waals surface area contributed by atoms with Crippen LogP contribution < -0.4 is 11.3 Å². The number of hydrogen-bond donors (Lipinski definition) is 2. The molecule has 0 aliphatic rings. The molecule has 17 heavy (non-hydrogen) atoms. The van der Waals surface area contributed by atoms with Crippen LogP contribution in [0.15, 0.2) is 48.5 Å². The zero-order valence-corrected chi connectivity index (χ0v) is 10.5. The van der Waals surface area contributed by atoms with Gasteiger partial charge in [-0.25, -0.2) is 5.43 Å². The van der Waals surface area contributed by atoms with Crippen molar-refractivity contribution in [2.45, 2.75) is 6.04 Å². The summed E-state index contributed by atoms with van der Waals surface area (Å²) in [6.45, 7) is 0. The molecular formula is C13H12Cl2N2. The fourth-order valence-electron chi connectivity index (χ4n) is 1.75. The molecule has 1 unspecified atom stereocenters. The van der Waals surface area contributed by atoms with Crippen molar-refractivity contribution in [3.05, 3.63) is 69.7 Å². The van der Waals surface area contributed by atoms with Gasteiger partial charge in [-0.15, -0.1) is 0 Å². The molecule has 88 valence electrons. The lowest BCUT2D eigenvalue weighted by molar-refractivity contribution is 0.637. The van der Waals surface area contributed by atoms with E-state index in [0.29, 0.717) is 10.0 Å². The highest BCUT2D eigenvalue weighted by Crippen LogP contribution is 2.32. The molecule has 2 nitrogen and oxygen atoms in total. The normalized spacial score (nSPS) is 12.4. The third-order valence-corrected chi connectivity index (χ3v) is 3.43. The zero-order chi connectivity index (χ0) is 12.3. The average molecular weight is 267 g/mol. The highest BCUT2D eigenvalue weighted by atomic mass is 35.5.